The van der Waals surface area contributed by atoms with Gasteiger partial charge in [-0.1, -0.05) is 19.1 Å². The van der Waals surface area contributed by atoms with Crippen LogP contribution < -0.4 is 5.73 Å². The minimum Gasteiger partial charge on any atom is -0.392 e. The van der Waals surface area contributed by atoms with Crippen molar-refractivity contribution in [3.8, 4) is 0 Å². The Hall–Kier alpha value is -0.730. The molecule has 0 aliphatic carbocycles. The van der Waals surface area contributed by atoms with Crippen LogP contribution in [0.25, 0.3) is 0 Å². The van der Waals surface area contributed by atoms with Crippen LogP contribution in [0.15, 0.2) is 0 Å². The topological polar surface area (TPSA) is 83.7 Å². The van der Waals surface area contributed by atoms with Crippen molar-refractivity contribution in [3.63, 3.8) is 0 Å². The van der Waals surface area contributed by atoms with Crippen molar-refractivity contribution in [1.29, 1.82) is 0 Å². The van der Waals surface area contributed by atoms with Crippen molar-refractivity contribution in [2.75, 3.05) is 26.2 Å². The number of sulfonamides is 1. The lowest BCUT2D eigenvalue weighted by molar-refractivity contribution is -0.128. The SMILES string of the molecule is CCC(C(N)=S)S(=O)(=O)N1CCCN(C(C)=O)CC1. The standard InChI is InChI=1S/C11H21N3O3S2/c1-3-10(11(12)18)19(16,17)14-6-4-5-13(7-8-14)9(2)15/h10H,3-8H2,1-2H3,(H2,12,18). The number of nitrogens with two attached hydrogens (primary N) is 1. The lowest BCUT2D eigenvalue weighted by Gasteiger charge is -2.25. The fourth-order valence-corrected chi connectivity index (χ4v) is 4.53. The van der Waals surface area contributed by atoms with Gasteiger partial charge in [0.1, 0.15) is 5.25 Å². The molecule has 19 heavy (non-hydrogen) atoms. The molecule has 1 fully saturated rings. The quantitative estimate of drug-likeness (QED) is 0.735. The van der Waals surface area contributed by atoms with E-state index >= 15 is 0 Å². The Morgan fingerprint density at radius 2 is 1.95 bits per heavy atom. The molecule has 2 N–H and O–H groups in total. The fraction of sp³-hybridized carbons (Fsp3) is 0.818. The van der Waals surface area contributed by atoms with Crippen molar-refractivity contribution in [2.45, 2.75) is 31.9 Å². The summed E-state index contributed by atoms with van der Waals surface area (Å²) in [6.07, 6.45) is 0.997. The van der Waals surface area contributed by atoms with E-state index in [2.05, 4.69) is 0 Å². The van der Waals surface area contributed by atoms with Gasteiger partial charge in [-0.3, -0.25) is 4.79 Å². The van der Waals surface area contributed by atoms with Crippen molar-refractivity contribution < 1.29 is 13.2 Å². The summed E-state index contributed by atoms with van der Waals surface area (Å²) in [6, 6.07) is 0. The average Bonchev–Trinajstić information content (AvgIpc) is 2.54. The molecule has 0 aromatic rings. The molecule has 6 nitrogen and oxygen atoms in total. The monoisotopic (exact) mass is 307 g/mol. The molecule has 0 bridgehead atoms. The van der Waals surface area contributed by atoms with E-state index < -0.39 is 15.3 Å². The molecule has 0 radical (unpaired) electrons. The molecule has 0 aromatic heterocycles. The van der Waals surface area contributed by atoms with Gasteiger partial charge in [0.15, 0.2) is 0 Å². The van der Waals surface area contributed by atoms with Crippen molar-refractivity contribution in [1.82, 2.24) is 9.21 Å². The number of nitrogens with zero attached hydrogens (tertiary/aromatic N) is 2. The molecule has 1 heterocycles. The summed E-state index contributed by atoms with van der Waals surface area (Å²) in [5.74, 6) is -0.0272. The molecule has 1 unspecified atom stereocenters. The van der Waals surface area contributed by atoms with E-state index in [9.17, 15) is 13.2 Å². The number of carbonyl (C=O) groups is 1. The first-order valence-corrected chi connectivity index (χ1v) is 8.25. The second-order valence-corrected chi connectivity index (χ2v) is 7.19. The first kappa shape index (κ1) is 16.3. The number of rotatable bonds is 4. The maximum atomic E-state index is 12.4. The van der Waals surface area contributed by atoms with Crippen LogP contribution in [0.1, 0.15) is 26.7 Å². The van der Waals surface area contributed by atoms with Gasteiger partial charge in [0.25, 0.3) is 0 Å². The van der Waals surface area contributed by atoms with Gasteiger partial charge < -0.3 is 10.6 Å². The minimum atomic E-state index is -3.52. The lowest BCUT2D eigenvalue weighted by atomic mass is 10.3. The van der Waals surface area contributed by atoms with E-state index in [1.807, 2.05) is 0 Å². The fourth-order valence-electron chi connectivity index (χ4n) is 2.20. The highest BCUT2D eigenvalue weighted by atomic mass is 32.2. The Morgan fingerprint density at radius 1 is 1.32 bits per heavy atom. The van der Waals surface area contributed by atoms with Crippen molar-refractivity contribution in [2.24, 2.45) is 5.73 Å². The zero-order valence-electron chi connectivity index (χ0n) is 11.3. The Bertz CT molecular complexity index is 450. The van der Waals surface area contributed by atoms with E-state index in [-0.39, 0.29) is 10.9 Å². The molecule has 110 valence electrons. The number of thiocarbonyl (C=S) groups is 1. The van der Waals surface area contributed by atoms with Crippen LogP contribution in [0.5, 0.6) is 0 Å². The van der Waals surface area contributed by atoms with Crippen LogP contribution in [0, 0.1) is 0 Å². The number of hydrogen-bond acceptors (Lipinski definition) is 4. The Morgan fingerprint density at radius 3 is 2.42 bits per heavy atom. The number of carbonyl (C=O) groups excluding carboxylic acids is 1. The normalized spacial score (nSPS) is 19.8. The summed E-state index contributed by atoms with van der Waals surface area (Å²) in [5.41, 5.74) is 5.52. The molecule has 1 rings (SSSR count). The highest BCUT2D eigenvalue weighted by Crippen LogP contribution is 2.16. The van der Waals surface area contributed by atoms with Crippen LogP contribution in [-0.2, 0) is 14.8 Å². The molecule has 1 atom stereocenters. The third-order valence-corrected chi connectivity index (χ3v) is 6.13. The molecule has 1 amide bonds. The predicted molar refractivity (Wildman–Crippen MR) is 78.2 cm³/mol. The minimum absolute atomic E-state index is 0.00942. The Kier molecular flexibility index (Phi) is 5.69. The van der Waals surface area contributed by atoms with E-state index in [0.29, 0.717) is 39.0 Å². The summed E-state index contributed by atoms with van der Waals surface area (Å²) in [4.78, 5) is 13.0. The molecule has 0 saturated carbocycles. The van der Waals surface area contributed by atoms with Gasteiger partial charge in [-0.25, -0.2) is 8.42 Å². The molecule has 8 heteroatoms. The van der Waals surface area contributed by atoms with Crippen molar-refractivity contribution in [3.05, 3.63) is 0 Å². The molecule has 1 saturated heterocycles. The zero-order valence-corrected chi connectivity index (χ0v) is 13.0. The van der Waals surface area contributed by atoms with Gasteiger partial charge in [-0.15, -0.1) is 0 Å². The average molecular weight is 307 g/mol. The van der Waals surface area contributed by atoms with Gasteiger partial charge in [-0.05, 0) is 12.8 Å². The van der Waals surface area contributed by atoms with Crippen LogP contribution in [-0.4, -0.2) is 59.9 Å². The van der Waals surface area contributed by atoms with E-state index in [1.54, 1.807) is 11.8 Å². The predicted octanol–water partition coefficient (Wildman–Crippen LogP) is -0.0649. The molecule has 0 aromatic carbocycles. The Labute approximate surface area is 120 Å². The third kappa shape index (κ3) is 3.87. The highest BCUT2D eigenvalue weighted by Gasteiger charge is 2.34. The Balaban J connectivity index is 2.85. The first-order valence-electron chi connectivity index (χ1n) is 6.34. The molecular formula is C11H21N3O3S2. The summed E-state index contributed by atoms with van der Waals surface area (Å²) in [7, 11) is -3.52. The summed E-state index contributed by atoms with van der Waals surface area (Å²) in [5, 5.41) is -0.814. The van der Waals surface area contributed by atoms with Gasteiger partial charge >= 0.3 is 0 Å². The van der Waals surface area contributed by atoms with Crippen LogP contribution >= 0.6 is 12.2 Å². The zero-order chi connectivity index (χ0) is 14.6. The van der Waals surface area contributed by atoms with Gasteiger partial charge in [-0.2, -0.15) is 4.31 Å². The molecule has 0 spiro atoms. The van der Waals surface area contributed by atoms with Gasteiger partial charge in [0, 0.05) is 33.1 Å². The van der Waals surface area contributed by atoms with Gasteiger partial charge in [0.2, 0.25) is 15.9 Å². The summed E-state index contributed by atoms with van der Waals surface area (Å²) < 4.78 is 26.3. The van der Waals surface area contributed by atoms with E-state index in [4.69, 9.17) is 18.0 Å². The lowest BCUT2D eigenvalue weighted by Crippen LogP contribution is -2.45. The third-order valence-electron chi connectivity index (χ3n) is 3.31. The van der Waals surface area contributed by atoms with Gasteiger partial charge in [0.05, 0.1) is 4.99 Å². The van der Waals surface area contributed by atoms with Crippen LogP contribution in [0.4, 0.5) is 0 Å². The second kappa shape index (κ2) is 6.62. The smallest absolute Gasteiger partial charge is 0.223 e. The number of hydrogen-bond donors (Lipinski definition) is 1. The van der Waals surface area contributed by atoms with Crippen LogP contribution in [0.2, 0.25) is 0 Å². The molecular weight excluding hydrogens is 286 g/mol. The van der Waals surface area contributed by atoms with Crippen LogP contribution in [0.3, 0.4) is 0 Å². The maximum absolute atomic E-state index is 12.4. The summed E-state index contributed by atoms with van der Waals surface area (Å²) in [6.45, 7) is 4.97. The number of amides is 1. The largest absolute Gasteiger partial charge is 0.392 e. The molecule has 1 aliphatic heterocycles. The highest BCUT2D eigenvalue weighted by molar-refractivity contribution is 7.92. The van der Waals surface area contributed by atoms with E-state index in [1.165, 1.54) is 11.2 Å². The van der Waals surface area contributed by atoms with E-state index in [0.717, 1.165) is 0 Å². The van der Waals surface area contributed by atoms with Crippen molar-refractivity contribution >= 4 is 33.1 Å². The summed E-state index contributed by atoms with van der Waals surface area (Å²) >= 11 is 4.84. The molecule has 1 aliphatic rings. The first-order chi connectivity index (χ1) is 8.80. The second-order valence-electron chi connectivity index (χ2n) is 4.60. The maximum Gasteiger partial charge on any atom is 0.223 e.